The summed E-state index contributed by atoms with van der Waals surface area (Å²) >= 11 is 0. The molecule has 1 aliphatic rings. The Labute approximate surface area is 130 Å². The van der Waals surface area contributed by atoms with Crippen LogP contribution >= 0.6 is 0 Å². The first-order chi connectivity index (χ1) is 10.7. The first-order valence-corrected chi connectivity index (χ1v) is 7.72. The number of anilines is 1. The third-order valence-corrected chi connectivity index (χ3v) is 4.09. The fourth-order valence-corrected chi connectivity index (χ4v) is 2.81. The molecular formula is C17H21N3O2. The summed E-state index contributed by atoms with van der Waals surface area (Å²) in [4.78, 5) is 12.4. The molecule has 1 aromatic heterocycles. The molecule has 1 N–H and O–H groups in total. The summed E-state index contributed by atoms with van der Waals surface area (Å²) in [6, 6.07) is 11.9. The molecule has 5 nitrogen and oxygen atoms in total. The lowest BCUT2D eigenvalue weighted by molar-refractivity contribution is -0.127. The maximum Gasteiger partial charge on any atom is 0.231 e. The molecule has 0 bridgehead atoms. The van der Waals surface area contributed by atoms with Crippen LogP contribution in [0, 0.1) is 5.92 Å². The van der Waals surface area contributed by atoms with Gasteiger partial charge in [0.05, 0.1) is 24.8 Å². The summed E-state index contributed by atoms with van der Waals surface area (Å²) in [5.41, 5.74) is 1.15. The van der Waals surface area contributed by atoms with Crippen molar-refractivity contribution in [2.75, 3.05) is 11.9 Å². The Balaban J connectivity index is 1.68. The Bertz CT molecular complexity index is 624. The smallest absolute Gasteiger partial charge is 0.231 e. The molecule has 5 heteroatoms. The van der Waals surface area contributed by atoms with Crippen LogP contribution < -0.4 is 5.32 Å². The topological polar surface area (TPSA) is 56.1 Å². The second-order valence-corrected chi connectivity index (χ2v) is 5.67. The van der Waals surface area contributed by atoms with E-state index in [9.17, 15) is 4.79 Å². The lowest BCUT2D eigenvalue weighted by Crippen LogP contribution is -2.36. The summed E-state index contributed by atoms with van der Waals surface area (Å²) in [6.45, 7) is 3.35. The van der Waals surface area contributed by atoms with Gasteiger partial charge in [0.15, 0.2) is 0 Å². The highest BCUT2D eigenvalue weighted by Crippen LogP contribution is 2.22. The van der Waals surface area contributed by atoms with Crippen LogP contribution in [0.5, 0.6) is 0 Å². The minimum atomic E-state index is -0.0891. The van der Waals surface area contributed by atoms with E-state index >= 15 is 0 Å². The zero-order chi connectivity index (χ0) is 15.4. The Morgan fingerprint density at radius 1 is 1.36 bits per heavy atom. The van der Waals surface area contributed by atoms with Crippen molar-refractivity contribution >= 4 is 11.7 Å². The summed E-state index contributed by atoms with van der Waals surface area (Å²) in [6.07, 6.45) is 3.49. The Kier molecular flexibility index (Phi) is 4.53. The quantitative estimate of drug-likeness (QED) is 0.944. The van der Waals surface area contributed by atoms with Crippen LogP contribution in [0.1, 0.15) is 25.3 Å². The number of carbonyl (C=O) groups is 1. The number of aromatic nitrogens is 2. The maximum absolute atomic E-state index is 12.4. The molecule has 1 amide bonds. The highest BCUT2D eigenvalue weighted by atomic mass is 16.5. The second kappa shape index (κ2) is 6.75. The van der Waals surface area contributed by atoms with Crippen LogP contribution in [-0.2, 0) is 16.1 Å². The van der Waals surface area contributed by atoms with Crippen molar-refractivity contribution in [1.29, 1.82) is 0 Å². The van der Waals surface area contributed by atoms with Crippen molar-refractivity contribution in [3.05, 3.63) is 48.2 Å². The molecule has 1 saturated heterocycles. The molecule has 2 aromatic rings. The average molecular weight is 299 g/mol. The van der Waals surface area contributed by atoms with Crippen LogP contribution in [0.25, 0.3) is 0 Å². The fraction of sp³-hybridized carbons (Fsp3) is 0.412. The lowest BCUT2D eigenvalue weighted by atomic mass is 9.94. The van der Waals surface area contributed by atoms with Crippen LogP contribution in [0.4, 0.5) is 5.82 Å². The molecule has 1 fully saturated rings. The minimum Gasteiger partial charge on any atom is -0.378 e. The lowest BCUT2D eigenvalue weighted by Gasteiger charge is -2.28. The molecule has 1 aromatic carbocycles. The van der Waals surface area contributed by atoms with Crippen molar-refractivity contribution in [2.45, 2.75) is 32.4 Å². The molecule has 0 radical (unpaired) electrons. The number of ether oxygens (including phenoxy) is 1. The molecule has 2 unspecified atom stereocenters. The number of benzene rings is 1. The monoisotopic (exact) mass is 299 g/mol. The van der Waals surface area contributed by atoms with Gasteiger partial charge < -0.3 is 10.1 Å². The second-order valence-electron chi connectivity index (χ2n) is 5.67. The number of carbonyl (C=O) groups excluding carboxylic acids is 1. The van der Waals surface area contributed by atoms with Crippen LogP contribution in [0.3, 0.4) is 0 Å². The zero-order valence-corrected chi connectivity index (χ0v) is 12.7. The molecule has 0 aliphatic carbocycles. The molecule has 3 rings (SSSR count). The van der Waals surface area contributed by atoms with Gasteiger partial charge in [0.1, 0.15) is 5.82 Å². The third kappa shape index (κ3) is 3.36. The van der Waals surface area contributed by atoms with Crippen molar-refractivity contribution in [3.8, 4) is 0 Å². The van der Waals surface area contributed by atoms with E-state index in [1.165, 1.54) is 0 Å². The van der Waals surface area contributed by atoms with E-state index in [1.54, 1.807) is 6.20 Å². The predicted molar refractivity (Wildman–Crippen MR) is 84.5 cm³/mol. The van der Waals surface area contributed by atoms with E-state index < -0.39 is 0 Å². The SMILES string of the molecule is CC1OCCCC1C(=O)Nc1ccnn1Cc1ccccc1. The molecular weight excluding hydrogens is 278 g/mol. The van der Waals surface area contributed by atoms with Gasteiger partial charge in [-0.2, -0.15) is 5.10 Å². The number of hydrogen-bond donors (Lipinski definition) is 1. The van der Waals surface area contributed by atoms with E-state index in [1.807, 2.05) is 48.0 Å². The first-order valence-electron chi connectivity index (χ1n) is 7.72. The van der Waals surface area contributed by atoms with Gasteiger partial charge in [0, 0.05) is 12.7 Å². The number of amides is 1. The van der Waals surface area contributed by atoms with Gasteiger partial charge >= 0.3 is 0 Å². The number of rotatable bonds is 4. The number of hydrogen-bond acceptors (Lipinski definition) is 3. The van der Waals surface area contributed by atoms with Gasteiger partial charge in [-0.3, -0.25) is 4.79 Å². The van der Waals surface area contributed by atoms with Gasteiger partial charge in [0.2, 0.25) is 5.91 Å². The molecule has 0 spiro atoms. The molecule has 116 valence electrons. The van der Waals surface area contributed by atoms with Gasteiger partial charge in [-0.15, -0.1) is 0 Å². The largest absolute Gasteiger partial charge is 0.378 e. The van der Waals surface area contributed by atoms with Crippen molar-refractivity contribution in [1.82, 2.24) is 9.78 Å². The zero-order valence-electron chi connectivity index (χ0n) is 12.7. The highest BCUT2D eigenvalue weighted by Gasteiger charge is 2.29. The van der Waals surface area contributed by atoms with Gasteiger partial charge in [-0.25, -0.2) is 4.68 Å². The minimum absolute atomic E-state index is 0.0158. The first kappa shape index (κ1) is 14.8. The average Bonchev–Trinajstić information content (AvgIpc) is 2.95. The Morgan fingerprint density at radius 2 is 2.18 bits per heavy atom. The van der Waals surface area contributed by atoms with E-state index in [4.69, 9.17) is 4.74 Å². The summed E-state index contributed by atoms with van der Waals surface area (Å²) in [5.74, 6) is 0.655. The maximum atomic E-state index is 12.4. The van der Waals surface area contributed by atoms with Crippen molar-refractivity contribution < 1.29 is 9.53 Å². The molecule has 0 saturated carbocycles. The van der Waals surface area contributed by atoms with Crippen LogP contribution in [0.15, 0.2) is 42.6 Å². The highest BCUT2D eigenvalue weighted by molar-refractivity contribution is 5.92. The van der Waals surface area contributed by atoms with Gasteiger partial charge in [-0.1, -0.05) is 30.3 Å². The van der Waals surface area contributed by atoms with Crippen molar-refractivity contribution in [2.24, 2.45) is 5.92 Å². The van der Waals surface area contributed by atoms with E-state index in [2.05, 4.69) is 10.4 Å². The van der Waals surface area contributed by atoms with Crippen molar-refractivity contribution in [3.63, 3.8) is 0 Å². The predicted octanol–water partition coefficient (Wildman–Crippen LogP) is 2.69. The Hall–Kier alpha value is -2.14. The Morgan fingerprint density at radius 3 is 2.95 bits per heavy atom. The van der Waals surface area contributed by atoms with E-state index in [0.717, 1.165) is 30.8 Å². The molecule has 2 heterocycles. The molecule has 2 atom stereocenters. The van der Waals surface area contributed by atoms with Gasteiger partial charge in [0.25, 0.3) is 0 Å². The molecule has 22 heavy (non-hydrogen) atoms. The molecule has 1 aliphatic heterocycles. The summed E-state index contributed by atoms with van der Waals surface area (Å²) < 4.78 is 7.38. The number of nitrogens with zero attached hydrogens (tertiary/aromatic N) is 2. The van der Waals surface area contributed by atoms with Crippen LogP contribution in [-0.4, -0.2) is 28.4 Å². The van der Waals surface area contributed by atoms with E-state index in [-0.39, 0.29) is 17.9 Å². The number of nitrogens with one attached hydrogen (secondary N) is 1. The van der Waals surface area contributed by atoms with Crippen LogP contribution in [0.2, 0.25) is 0 Å². The normalized spacial score (nSPS) is 21.5. The van der Waals surface area contributed by atoms with E-state index in [0.29, 0.717) is 6.54 Å². The summed E-state index contributed by atoms with van der Waals surface area (Å²) in [7, 11) is 0. The summed E-state index contributed by atoms with van der Waals surface area (Å²) in [5, 5.41) is 7.29. The third-order valence-electron chi connectivity index (χ3n) is 4.09. The van der Waals surface area contributed by atoms with Gasteiger partial charge in [-0.05, 0) is 25.3 Å². The standard InChI is InChI=1S/C17H21N3O2/c1-13-15(8-5-11-22-13)17(21)19-16-9-10-18-20(16)12-14-6-3-2-4-7-14/h2-4,6-7,9-10,13,15H,5,8,11-12H2,1H3,(H,19,21). The fourth-order valence-electron chi connectivity index (χ4n) is 2.81.